The normalized spacial score (nSPS) is 21.8. The van der Waals surface area contributed by atoms with Crippen molar-refractivity contribution in [2.45, 2.75) is 51.7 Å². The van der Waals surface area contributed by atoms with E-state index in [0.29, 0.717) is 17.2 Å². The molecule has 2 rings (SSSR count). The Bertz CT molecular complexity index is 586. The maximum Gasteiger partial charge on any atom is 0.255 e. The van der Waals surface area contributed by atoms with Gasteiger partial charge in [0.05, 0.1) is 17.4 Å². The highest BCUT2D eigenvalue weighted by Crippen LogP contribution is 2.26. The molecule has 1 N–H and O–H groups in total. The number of rotatable bonds is 5. The number of nitrogens with zero attached hydrogens (tertiary/aromatic N) is 1. The van der Waals surface area contributed by atoms with Crippen LogP contribution in [0.2, 0.25) is 0 Å². The minimum Gasteiger partial charge on any atom is -0.365 e. The van der Waals surface area contributed by atoms with Gasteiger partial charge in [-0.1, -0.05) is 31.9 Å². The Balaban J connectivity index is 2.00. The summed E-state index contributed by atoms with van der Waals surface area (Å²) in [5, 5.41) is 2.84. The van der Waals surface area contributed by atoms with E-state index in [1.807, 2.05) is 0 Å². The molecule has 0 unspecified atom stereocenters. The monoisotopic (exact) mass is 332 g/mol. The van der Waals surface area contributed by atoms with Gasteiger partial charge < -0.3 is 15.0 Å². The van der Waals surface area contributed by atoms with Crippen molar-refractivity contribution in [1.82, 2.24) is 4.90 Å². The Morgan fingerprint density at radius 1 is 1.25 bits per heavy atom. The van der Waals surface area contributed by atoms with Gasteiger partial charge in [0, 0.05) is 14.1 Å². The second kappa shape index (κ2) is 8.29. The summed E-state index contributed by atoms with van der Waals surface area (Å²) in [6, 6.07) is 7.04. The molecule has 1 fully saturated rings. The zero-order valence-electron chi connectivity index (χ0n) is 15.0. The van der Waals surface area contributed by atoms with Gasteiger partial charge in [0.15, 0.2) is 0 Å². The lowest BCUT2D eigenvalue weighted by molar-refractivity contribution is -0.131. The standard InChI is InChI=1S/C19H28N2O3/c1-13-8-7-9-15(12-13)24-14(2)18(22)20-17-11-6-5-10-16(17)19(23)21(3)4/h5-6,10-11,13-15H,7-9,12H2,1-4H3,(H,20,22)/t13-,14-,15+/m1/s1. The van der Waals surface area contributed by atoms with Crippen LogP contribution < -0.4 is 5.32 Å². The van der Waals surface area contributed by atoms with Crippen LogP contribution in [-0.2, 0) is 9.53 Å². The molecule has 24 heavy (non-hydrogen) atoms. The molecule has 132 valence electrons. The Morgan fingerprint density at radius 2 is 1.96 bits per heavy atom. The highest BCUT2D eigenvalue weighted by molar-refractivity contribution is 6.04. The first-order chi connectivity index (χ1) is 11.4. The van der Waals surface area contributed by atoms with Gasteiger partial charge in [-0.05, 0) is 37.8 Å². The van der Waals surface area contributed by atoms with E-state index in [1.165, 1.54) is 11.3 Å². The quantitative estimate of drug-likeness (QED) is 0.900. The van der Waals surface area contributed by atoms with Gasteiger partial charge in [-0.15, -0.1) is 0 Å². The maximum absolute atomic E-state index is 12.5. The Hall–Kier alpha value is -1.88. The van der Waals surface area contributed by atoms with Crippen molar-refractivity contribution in [3.63, 3.8) is 0 Å². The minimum absolute atomic E-state index is 0.138. The third-order valence-corrected chi connectivity index (χ3v) is 4.48. The van der Waals surface area contributed by atoms with Crippen molar-refractivity contribution in [3.05, 3.63) is 29.8 Å². The van der Waals surface area contributed by atoms with Crippen molar-refractivity contribution >= 4 is 17.5 Å². The highest BCUT2D eigenvalue weighted by atomic mass is 16.5. The van der Waals surface area contributed by atoms with Gasteiger partial charge in [-0.25, -0.2) is 0 Å². The van der Waals surface area contributed by atoms with Gasteiger partial charge in [0.25, 0.3) is 11.8 Å². The summed E-state index contributed by atoms with van der Waals surface area (Å²) in [4.78, 5) is 26.2. The van der Waals surface area contributed by atoms with E-state index in [-0.39, 0.29) is 17.9 Å². The molecule has 5 heteroatoms. The molecular weight excluding hydrogens is 304 g/mol. The Kier molecular flexibility index (Phi) is 6.37. The van der Waals surface area contributed by atoms with E-state index >= 15 is 0 Å². The van der Waals surface area contributed by atoms with E-state index in [0.717, 1.165) is 19.3 Å². The van der Waals surface area contributed by atoms with Gasteiger partial charge >= 0.3 is 0 Å². The molecule has 0 saturated heterocycles. The number of nitrogens with one attached hydrogen (secondary N) is 1. The van der Waals surface area contributed by atoms with Crippen LogP contribution in [0.25, 0.3) is 0 Å². The lowest BCUT2D eigenvalue weighted by atomic mass is 9.88. The van der Waals surface area contributed by atoms with Crippen molar-refractivity contribution < 1.29 is 14.3 Å². The lowest BCUT2D eigenvalue weighted by Gasteiger charge is -2.29. The molecule has 5 nitrogen and oxygen atoms in total. The fourth-order valence-electron chi connectivity index (χ4n) is 3.11. The molecule has 0 bridgehead atoms. The summed E-state index contributed by atoms with van der Waals surface area (Å²) in [7, 11) is 3.38. The summed E-state index contributed by atoms with van der Waals surface area (Å²) in [6.45, 7) is 3.99. The van der Waals surface area contributed by atoms with Crippen molar-refractivity contribution in [3.8, 4) is 0 Å². The average Bonchev–Trinajstić information content (AvgIpc) is 2.54. The molecule has 3 atom stereocenters. The van der Waals surface area contributed by atoms with Crippen LogP contribution >= 0.6 is 0 Å². The zero-order valence-corrected chi connectivity index (χ0v) is 15.0. The predicted octanol–water partition coefficient (Wildman–Crippen LogP) is 3.31. The smallest absolute Gasteiger partial charge is 0.255 e. The average molecular weight is 332 g/mol. The number of hydrogen-bond donors (Lipinski definition) is 1. The topological polar surface area (TPSA) is 58.6 Å². The van der Waals surface area contributed by atoms with Crippen LogP contribution in [0.4, 0.5) is 5.69 Å². The number of carbonyl (C=O) groups is 2. The minimum atomic E-state index is -0.539. The summed E-state index contributed by atoms with van der Waals surface area (Å²) in [6.07, 6.45) is 4.02. The zero-order chi connectivity index (χ0) is 17.7. The second-order valence-electron chi connectivity index (χ2n) is 6.91. The summed E-state index contributed by atoms with van der Waals surface area (Å²) < 4.78 is 5.94. The molecule has 1 aromatic rings. The van der Waals surface area contributed by atoms with Crippen LogP contribution in [0.5, 0.6) is 0 Å². The third-order valence-electron chi connectivity index (χ3n) is 4.48. The molecule has 2 amide bonds. The number of benzene rings is 1. The fourth-order valence-corrected chi connectivity index (χ4v) is 3.11. The first kappa shape index (κ1) is 18.5. The van der Waals surface area contributed by atoms with Gasteiger partial charge in [0.2, 0.25) is 0 Å². The summed E-state index contributed by atoms with van der Waals surface area (Å²) >= 11 is 0. The van der Waals surface area contributed by atoms with Crippen LogP contribution in [0.3, 0.4) is 0 Å². The Morgan fingerprint density at radius 3 is 2.62 bits per heavy atom. The Labute approximate surface area is 144 Å². The number of carbonyl (C=O) groups excluding carboxylic acids is 2. The first-order valence-electron chi connectivity index (χ1n) is 8.65. The molecule has 1 aromatic carbocycles. The number of hydrogen-bond acceptors (Lipinski definition) is 3. The largest absolute Gasteiger partial charge is 0.365 e. The molecule has 1 saturated carbocycles. The van der Waals surface area contributed by atoms with E-state index in [2.05, 4.69) is 12.2 Å². The molecule has 0 spiro atoms. The van der Waals surface area contributed by atoms with Crippen molar-refractivity contribution in [1.29, 1.82) is 0 Å². The van der Waals surface area contributed by atoms with Crippen LogP contribution in [0, 0.1) is 5.92 Å². The molecule has 0 heterocycles. The number of para-hydroxylation sites is 1. The van der Waals surface area contributed by atoms with Gasteiger partial charge in [-0.3, -0.25) is 9.59 Å². The number of anilines is 1. The van der Waals surface area contributed by atoms with E-state index in [4.69, 9.17) is 4.74 Å². The van der Waals surface area contributed by atoms with E-state index in [9.17, 15) is 9.59 Å². The molecule has 1 aliphatic carbocycles. The van der Waals surface area contributed by atoms with Crippen molar-refractivity contribution in [2.24, 2.45) is 5.92 Å². The first-order valence-corrected chi connectivity index (χ1v) is 8.65. The highest BCUT2D eigenvalue weighted by Gasteiger charge is 2.25. The maximum atomic E-state index is 12.5. The van der Waals surface area contributed by atoms with Gasteiger partial charge in [-0.2, -0.15) is 0 Å². The second-order valence-corrected chi connectivity index (χ2v) is 6.91. The summed E-state index contributed by atoms with van der Waals surface area (Å²) in [5.74, 6) is 0.297. The molecule has 0 radical (unpaired) electrons. The number of ether oxygens (including phenoxy) is 1. The van der Waals surface area contributed by atoms with Gasteiger partial charge in [0.1, 0.15) is 6.10 Å². The van der Waals surface area contributed by atoms with E-state index < -0.39 is 6.10 Å². The third kappa shape index (κ3) is 4.81. The fraction of sp³-hybridized carbons (Fsp3) is 0.579. The van der Waals surface area contributed by atoms with Crippen LogP contribution in [-0.4, -0.2) is 43.0 Å². The summed E-state index contributed by atoms with van der Waals surface area (Å²) in [5.41, 5.74) is 1.00. The molecule has 0 aliphatic heterocycles. The molecular formula is C19H28N2O3. The van der Waals surface area contributed by atoms with Crippen LogP contribution in [0.15, 0.2) is 24.3 Å². The molecule has 0 aromatic heterocycles. The lowest BCUT2D eigenvalue weighted by Crippen LogP contribution is -2.34. The van der Waals surface area contributed by atoms with E-state index in [1.54, 1.807) is 45.3 Å². The van der Waals surface area contributed by atoms with Crippen LogP contribution in [0.1, 0.15) is 49.9 Å². The predicted molar refractivity (Wildman–Crippen MR) is 95.1 cm³/mol. The molecule has 1 aliphatic rings. The number of amides is 2. The van der Waals surface area contributed by atoms with Crippen molar-refractivity contribution in [2.75, 3.05) is 19.4 Å². The SMILES string of the molecule is C[C@@H]1CCC[C@H](O[C@H](C)C(=O)Nc2ccccc2C(=O)N(C)C)C1.